The van der Waals surface area contributed by atoms with Crippen LogP contribution in [-0.4, -0.2) is 80.5 Å². The molecule has 0 amide bonds. The summed E-state index contributed by atoms with van der Waals surface area (Å²) in [6, 6.07) is 13.0. The quantitative estimate of drug-likeness (QED) is 0.0805. The van der Waals surface area contributed by atoms with Crippen molar-refractivity contribution < 1.29 is 70.5 Å². The molecule has 0 bridgehead atoms. The van der Waals surface area contributed by atoms with Crippen molar-refractivity contribution in [1.82, 2.24) is 0 Å². The van der Waals surface area contributed by atoms with Gasteiger partial charge in [-0.05, 0) is 86.8 Å². The summed E-state index contributed by atoms with van der Waals surface area (Å²) >= 11 is 0. The van der Waals surface area contributed by atoms with Crippen molar-refractivity contribution in [2.75, 3.05) is 0 Å². The van der Waals surface area contributed by atoms with Gasteiger partial charge in [-0.3, -0.25) is 9.59 Å². The maximum absolute atomic E-state index is 11.4. The van der Waals surface area contributed by atoms with Crippen LogP contribution < -0.4 is 5.19 Å². The number of aliphatic carboxylic acids is 2. The van der Waals surface area contributed by atoms with Crippen LogP contribution in [0.1, 0.15) is 85.5 Å². The zero-order valence-electron chi connectivity index (χ0n) is 34.8. The van der Waals surface area contributed by atoms with E-state index < -0.39 is 51.6 Å². The Balaban J connectivity index is -0.000000993. The van der Waals surface area contributed by atoms with E-state index in [0.29, 0.717) is 18.4 Å². The van der Waals surface area contributed by atoms with Crippen molar-refractivity contribution in [1.29, 1.82) is 0 Å². The Hall–Kier alpha value is -3.57. The lowest BCUT2D eigenvalue weighted by atomic mass is 9.99. The highest BCUT2D eigenvalue weighted by molar-refractivity contribution is 6.95. The minimum atomic E-state index is -2.98. The Morgan fingerprint density at radius 2 is 0.982 bits per heavy atom. The largest absolute Gasteiger partial charge is 0.481 e. The van der Waals surface area contributed by atoms with Gasteiger partial charge in [-0.15, -0.1) is 0 Å². The van der Waals surface area contributed by atoms with Gasteiger partial charge < -0.3 is 22.6 Å². The molecular weight excluding hydrogens is 797 g/mol. The van der Waals surface area contributed by atoms with Crippen LogP contribution in [0.3, 0.4) is 0 Å². The fraction of sp³-hybridized carbons (Fsp3) is 0.676. The van der Waals surface area contributed by atoms with Crippen LogP contribution in [0.4, 0.5) is 0 Å². The van der Waals surface area contributed by atoms with E-state index in [1.807, 2.05) is 18.2 Å². The standard InChI is InChI=1S/C33H64O7Si4.4CO2/c1-11-28(3)18-16-17-23-43(9,38-41(5,6)24-21-29(4)12-2)40-44(10,31-19-14-13-15-20-31)39-42(7,8)25-22-30(26-32(34)35)27-33(36)37;4*2-1-3/h13-15,19-20,28-30H,11-12,16-18,21-27H2,1-10H3,(H,34,35)(H,36,37);;;;. The Morgan fingerprint density at radius 3 is 1.39 bits per heavy atom. The monoisotopic (exact) mass is 860 g/mol. The van der Waals surface area contributed by atoms with E-state index in [9.17, 15) is 19.8 Å². The number of hydrogen-bond acceptors (Lipinski definition) is 13. The molecule has 0 fully saturated rings. The molecule has 0 spiro atoms. The van der Waals surface area contributed by atoms with Crippen LogP contribution in [0, 0.1) is 17.8 Å². The molecule has 0 saturated heterocycles. The summed E-state index contributed by atoms with van der Waals surface area (Å²) in [5.41, 5.74) is 0. The van der Waals surface area contributed by atoms with Crippen molar-refractivity contribution in [2.24, 2.45) is 17.8 Å². The lowest BCUT2D eigenvalue weighted by Gasteiger charge is -2.44. The van der Waals surface area contributed by atoms with Crippen molar-refractivity contribution in [3.8, 4) is 0 Å². The van der Waals surface area contributed by atoms with Crippen LogP contribution in [0.25, 0.3) is 0 Å². The molecule has 2 N–H and O–H groups in total. The first-order valence-electron chi connectivity index (χ1n) is 18.6. The van der Waals surface area contributed by atoms with E-state index in [1.54, 1.807) is 0 Å². The number of carboxylic acid groups (broad SMARTS) is 2. The summed E-state index contributed by atoms with van der Waals surface area (Å²) in [6.45, 7) is 22.6. The van der Waals surface area contributed by atoms with Gasteiger partial charge in [0.05, 0.1) is 0 Å². The Bertz CT molecular complexity index is 1290. The molecule has 0 aromatic heterocycles. The molecule has 0 aliphatic carbocycles. The molecular formula is C37H64O15Si4. The van der Waals surface area contributed by atoms with Gasteiger partial charge in [-0.1, -0.05) is 96.6 Å². The van der Waals surface area contributed by atoms with Gasteiger partial charge >= 0.3 is 53.7 Å². The first-order valence-corrected chi connectivity index (χ1v) is 29.6. The fourth-order valence-corrected chi connectivity index (χ4v) is 25.7. The van der Waals surface area contributed by atoms with E-state index in [1.165, 1.54) is 32.1 Å². The molecule has 4 unspecified atom stereocenters. The molecule has 4 atom stereocenters. The van der Waals surface area contributed by atoms with E-state index in [2.05, 4.69) is 79.1 Å². The molecule has 56 heavy (non-hydrogen) atoms. The van der Waals surface area contributed by atoms with Crippen LogP contribution in [0.5, 0.6) is 0 Å². The number of carbonyl (C=O) groups is 2. The van der Waals surface area contributed by atoms with E-state index in [0.717, 1.165) is 29.6 Å². The Labute approximate surface area is 336 Å². The minimum Gasteiger partial charge on any atom is -0.481 e. The highest BCUT2D eigenvalue weighted by Crippen LogP contribution is 2.33. The molecule has 19 heteroatoms. The highest BCUT2D eigenvalue weighted by Gasteiger charge is 2.49. The van der Waals surface area contributed by atoms with Crippen LogP contribution >= 0.6 is 0 Å². The van der Waals surface area contributed by atoms with E-state index in [4.69, 9.17) is 50.7 Å². The zero-order chi connectivity index (χ0) is 44.4. The average molecular weight is 861 g/mol. The number of hydrogen-bond donors (Lipinski definition) is 2. The van der Waals surface area contributed by atoms with Crippen molar-refractivity contribution in [3.63, 3.8) is 0 Å². The topological polar surface area (TPSA) is 239 Å². The first-order chi connectivity index (χ1) is 26.0. The molecule has 15 nitrogen and oxygen atoms in total. The molecule has 1 aromatic carbocycles. The van der Waals surface area contributed by atoms with Crippen LogP contribution in [-0.2, 0) is 60.3 Å². The Morgan fingerprint density at radius 1 is 0.589 bits per heavy atom. The number of benzene rings is 1. The third-order valence-electron chi connectivity index (χ3n) is 8.96. The van der Waals surface area contributed by atoms with Gasteiger partial charge in [0.15, 0.2) is 16.6 Å². The Kier molecular flexibility index (Phi) is 35.4. The number of carboxylic acids is 2. The first kappa shape index (κ1) is 59.1. The minimum absolute atomic E-state index is 0.146. The second-order valence-electron chi connectivity index (χ2n) is 15.0. The van der Waals surface area contributed by atoms with Gasteiger partial charge in [0.2, 0.25) is 0 Å². The summed E-state index contributed by atoms with van der Waals surface area (Å²) in [5.74, 6) is -0.945. The summed E-state index contributed by atoms with van der Waals surface area (Å²) in [6.07, 6.45) is 8.22. The molecule has 0 saturated carbocycles. The molecule has 1 rings (SSSR count). The predicted molar refractivity (Wildman–Crippen MR) is 212 cm³/mol. The summed E-state index contributed by atoms with van der Waals surface area (Å²) in [4.78, 5) is 87.9. The third-order valence-corrected chi connectivity index (χ3v) is 25.6. The molecule has 1 aromatic rings. The summed E-state index contributed by atoms with van der Waals surface area (Å²) in [5, 5.41) is 19.8. The molecule has 318 valence electrons. The van der Waals surface area contributed by atoms with Gasteiger partial charge in [-0.25, -0.2) is 0 Å². The van der Waals surface area contributed by atoms with E-state index >= 15 is 0 Å². The molecule has 0 heterocycles. The molecule has 0 aliphatic heterocycles. The molecule has 0 radical (unpaired) electrons. The van der Waals surface area contributed by atoms with Crippen LogP contribution in [0.15, 0.2) is 30.3 Å². The van der Waals surface area contributed by atoms with Gasteiger partial charge in [0.1, 0.15) is 0 Å². The van der Waals surface area contributed by atoms with E-state index in [-0.39, 0.29) is 37.4 Å². The number of carbonyl (C=O) groups excluding carboxylic acids is 8. The van der Waals surface area contributed by atoms with Gasteiger partial charge in [-0.2, -0.15) is 38.4 Å². The maximum atomic E-state index is 11.4. The van der Waals surface area contributed by atoms with Gasteiger partial charge in [0.25, 0.3) is 0 Å². The predicted octanol–water partition coefficient (Wildman–Crippen LogP) is 6.77. The third kappa shape index (κ3) is 33.7. The fourth-order valence-electron chi connectivity index (χ4n) is 5.89. The normalized spacial score (nSPS) is 13.7. The second-order valence-corrected chi connectivity index (χ2v) is 30.7. The smallest absolute Gasteiger partial charge is 0.373 e. The van der Waals surface area contributed by atoms with Crippen LogP contribution in [0.2, 0.25) is 57.4 Å². The maximum Gasteiger partial charge on any atom is 0.373 e. The SMILES string of the molecule is CCC(C)CCCC[Si](C)(O[Si](C)(C)CCC(C)CC)O[Si](C)(O[Si](C)(C)CCC(CC(=O)O)CC(=O)O)c1ccccc1.O=C=O.O=C=O.O=C=O.O=C=O. The second kappa shape index (κ2) is 33.6. The van der Waals surface area contributed by atoms with Crippen molar-refractivity contribution in [3.05, 3.63) is 30.3 Å². The summed E-state index contributed by atoms with van der Waals surface area (Å²) < 4.78 is 21.9. The van der Waals surface area contributed by atoms with Crippen molar-refractivity contribution in [2.45, 2.75) is 143 Å². The highest BCUT2D eigenvalue weighted by atomic mass is 28.5. The number of unbranched alkanes of at least 4 members (excludes halogenated alkanes) is 1. The molecule has 0 aliphatic rings. The zero-order valence-corrected chi connectivity index (χ0v) is 38.8. The summed E-state index contributed by atoms with van der Waals surface area (Å²) in [7, 11) is -10.1. The lowest BCUT2D eigenvalue weighted by molar-refractivity contribution is -0.193. The van der Waals surface area contributed by atoms with Gasteiger partial charge in [0, 0.05) is 12.8 Å². The average Bonchev–Trinajstić information content (AvgIpc) is 3.09. The van der Waals surface area contributed by atoms with Crippen molar-refractivity contribution >= 4 is 75.5 Å². The lowest BCUT2D eigenvalue weighted by Crippen LogP contribution is -2.64. The number of rotatable bonds is 24.